The Morgan fingerprint density at radius 3 is 2.71 bits per heavy atom. The number of carbonyl (C=O) groups excluding carboxylic acids is 1. The molecule has 0 spiro atoms. The summed E-state index contributed by atoms with van der Waals surface area (Å²) in [5.74, 6) is 1.79. The zero-order valence-corrected chi connectivity index (χ0v) is 14.3. The van der Waals surface area contributed by atoms with Crippen molar-refractivity contribution >= 4 is 5.91 Å². The summed E-state index contributed by atoms with van der Waals surface area (Å²) >= 11 is 0. The Kier molecular flexibility index (Phi) is 5.62. The number of rotatable bonds is 6. The van der Waals surface area contributed by atoms with Gasteiger partial charge in [0.1, 0.15) is 0 Å². The molecule has 0 radical (unpaired) electrons. The van der Waals surface area contributed by atoms with Gasteiger partial charge in [-0.25, -0.2) is 0 Å². The van der Waals surface area contributed by atoms with E-state index in [1.165, 1.54) is 37.7 Å². The average molecular weight is 327 g/mol. The lowest BCUT2D eigenvalue weighted by atomic mass is 9.86. The third kappa shape index (κ3) is 4.66. The second-order valence-electron chi connectivity index (χ2n) is 6.70. The minimum Gasteiger partial charge on any atom is -0.347 e. The molecule has 1 aromatic carbocycles. The Hall–Kier alpha value is -2.17. The molecule has 1 amide bonds. The Bertz CT molecular complexity index is 658. The predicted octanol–water partition coefficient (Wildman–Crippen LogP) is 4.02. The van der Waals surface area contributed by atoms with E-state index in [1.807, 2.05) is 31.2 Å². The molecular formula is C19H25N3O2. The normalized spacial score (nSPS) is 15.4. The monoisotopic (exact) mass is 327 g/mol. The van der Waals surface area contributed by atoms with Crippen molar-refractivity contribution in [3.8, 4) is 11.4 Å². The van der Waals surface area contributed by atoms with E-state index < -0.39 is 0 Å². The van der Waals surface area contributed by atoms with E-state index in [1.54, 1.807) is 0 Å². The van der Waals surface area contributed by atoms with Gasteiger partial charge in [-0.3, -0.25) is 4.79 Å². The van der Waals surface area contributed by atoms with E-state index in [4.69, 9.17) is 4.52 Å². The van der Waals surface area contributed by atoms with Crippen LogP contribution in [0.1, 0.15) is 56.4 Å². The van der Waals surface area contributed by atoms with Gasteiger partial charge in [0.05, 0.1) is 6.54 Å². The number of hydrogen-bond acceptors (Lipinski definition) is 4. The molecule has 1 aliphatic carbocycles. The molecule has 0 saturated heterocycles. The van der Waals surface area contributed by atoms with Gasteiger partial charge in [-0.05, 0) is 19.3 Å². The highest BCUT2D eigenvalue weighted by Gasteiger charge is 2.15. The number of aryl methyl sites for hydroxylation is 1. The molecule has 5 nitrogen and oxygen atoms in total. The van der Waals surface area contributed by atoms with Crippen molar-refractivity contribution in [2.45, 2.75) is 58.4 Å². The summed E-state index contributed by atoms with van der Waals surface area (Å²) in [5, 5.41) is 6.85. The van der Waals surface area contributed by atoms with Crippen LogP contribution in [0.3, 0.4) is 0 Å². The van der Waals surface area contributed by atoms with Crippen LogP contribution in [0.2, 0.25) is 0 Å². The molecule has 1 aliphatic rings. The van der Waals surface area contributed by atoms with Crippen LogP contribution in [-0.4, -0.2) is 16.0 Å². The Morgan fingerprint density at radius 1 is 1.21 bits per heavy atom. The smallest absolute Gasteiger partial charge is 0.246 e. The number of nitrogens with zero attached hydrogens (tertiary/aromatic N) is 2. The van der Waals surface area contributed by atoms with Gasteiger partial charge < -0.3 is 9.84 Å². The van der Waals surface area contributed by atoms with E-state index in [-0.39, 0.29) is 5.91 Å². The average Bonchev–Trinajstić information content (AvgIpc) is 3.09. The lowest BCUT2D eigenvalue weighted by Gasteiger charge is -2.20. The first-order valence-electron chi connectivity index (χ1n) is 8.87. The standard InChI is InChI=1S/C19H25N3O2/c1-14-7-10-16(11-8-14)19-21-18(24-22-19)13-20-17(23)12-9-15-5-3-2-4-6-15/h7-8,10-11,15H,2-6,9,12-13H2,1H3,(H,20,23). The van der Waals surface area contributed by atoms with Gasteiger partial charge in [0, 0.05) is 12.0 Å². The minimum atomic E-state index is 0.0654. The number of hydrogen-bond donors (Lipinski definition) is 1. The Morgan fingerprint density at radius 2 is 1.96 bits per heavy atom. The van der Waals surface area contributed by atoms with Gasteiger partial charge in [-0.1, -0.05) is 67.1 Å². The maximum absolute atomic E-state index is 12.0. The van der Waals surface area contributed by atoms with Crippen molar-refractivity contribution in [3.63, 3.8) is 0 Å². The summed E-state index contributed by atoms with van der Waals surface area (Å²) < 4.78 is 5.22. The van der Waals surface area contributed by atoms with Gasteiger partial charge in [-0.15, -0.1) is 0 Å². The van der Waals surface area contributed by atoms with Gasteiger partial charge in [0.15, 0.2) is 0 Å². The number of nitrogens with one attached hydrogen (secondary N) is 1. The lowest BCUT2D eigenvalue weighted by molar-refractivity contribution is -0.121. The number of aromatic nitrogens is 2. The number of amides is 1. The second kappa shape index (κ2) is 8.08. The molecule has 1 N–H and O–H groups in total. The molecule has 0 aliphatic heterocycles. The Labute approximate surface area is 142 Å². The van der Waals surface area contributed by atoms with Crippen LogP contribution < -0.4 is 5.32 Å². The first-order valence-corrected chi connectivity index (χ1v) is 8.87. The fourth-order valence-electron chi connectivity index (χ4n) is 3.22. The second-order valence-corrected chi connectivity index (χ2v) is 6.70. The lowest BCUT2D eigenvalue weighted by Crippen LogP contribution is -2.23. The molecule has 2 aromatic rings. The van der Waals surface area contributed by atoms with Crippen molar-refractivity contribution in [1.29, 1.82) is 0 Å². The third-order valence-electron chi connectivity index (χ3n) is 4.72. The highest BCUT2D eigenvalue weighted by atomic mass is 16.5. The van der Waals surface area contributed by atoms with Crippen molar-refractivity contribution in [2.75, 3.05) is 0 Å². The molecule has 1 fully saturated rings. The van der Waals surface area contributed by atoms with E-state index in [0.29, 0.717) is 24.7 Å². The highest BCUT2D eigenvalue weighted by Crippen LogP contribution is 2.27. The van der Waals surface area contributed by atoms with Crippen LogP contribution in [0.5, 0.6) is 0 Å². The zero-order chi connectivity index (χ0) is 16.8. The van der Waals surface area contributed by atoms with Crippen LogP contribution >= 0.6 is 0 Å². The Balaban J connectivity index is 1.44. The summed E-state index contributed by atoms with van der Waals surface area (Å²) in [6.07, 6.45) is 8.11. The zero-order valence-electron chi connectivity index (χ0n) is 14.3. The molecule has 1 saturated carbocycles. The van der Waals surface area contributed by atoms with E-state index in [9.17, 15) is 4.79 Å². The molecule has 5 heteroatoms. The number of carbonyl (C=O) groups is 1. The molecule has 3 rings (SSSR count). The largest absolute Gasteiger partial charge is 0.347 e. The molecule has 0 bridgehead atoms. The minimum absolute atomic E-state index is 0.0654. The number of benzene rings is 1. The SMILES string of the molecule is Cc1ccc(-c2noc(CNC(=O)CCC3CCCCC3)n2)cc1. The fraction of sp³-hybridized carbons (Fsp3) is 0.526. The topological polar surface area (TPSA) is 68.0 Å². The molecule has 1 aromatic heterocycles. The molecule has 1 heterocycles. The summed E-state index contributed by atoms with van der Waals surface area (Å²) in [7, 11) is 0. The molecule has 128 valence electrons. The van der Waals surface area contributed by atoms with Crippen molar-refractivity contribution in [3.05, 3.63) is 35.7 Å². The summed E-state index contributed by atoms with van der Waals surface area (Å²) in [6, 6.07) is 7.95. The summed E-state index contributed by atoms with van der Waals surface area (Å²) in [4.78, 5) is 16.3. The quantitative estimate of drug-likeness (QED) is 0.870. The van der Waals surface area contributed by atoms with Gasteiger partial charge in [0.2, 0.25) is 17.6 Å². The van der Waals surface area contributed by atoms with Gasteiger partial charge in [0.25, 0.3) is 0 Å². The maximum atomic E-state index is 12.0. The molecular weight excluding hydrogens is 302 g/mol. The van der Waals surface area contributed by atoms with Gasteiger partial charge >= 0.3 is 0 Å². The van der Waals surface area contributed by atoms with Crippen LogP contribution in [0.25, 0.3) is 11.4 Å². The highest BCUT2D eigenvalue weighted by molar-refractivity contribution is 5.75. The van der Waals surface area contributed by atoms with Crippen molar-refractivity contribution in [1.82, 2.24) is 15.5 Å². The van der Waals surface area contributed by atoms with Crippen molar-refractivity contribution in [2.24, 2.45) is 5.92 Å². The first kappa shape index (κ1) is 16.7. The predicted molar refractivity (Wildman–Crippen MR) is 92.1 cm³/mol. The van der Waals surface area contributed by atoms with Crippen LogP contribution in [0.15, 0.2) is 28.8 Å². The van der Waals surface area contributed by atoms with Crippen molar-refractivity contribution < 1.29 is 9.32 Å². The van der Waals surface area contributed by atoms with Crippen LogP contribution in [0.4, 0.5) is 0 Å². The molecule has 0 unspecified atom stereocenters. The summed E-state index contributed by atoms with van der Waals surface area (Å²) in [5.41, 5.74) is 2.10. The van der Waals surface area contributed by atoms with E-state index >= 15 is 0 Å². The first-order chi connectivity index (χ1) is 11.7. The molecule has 24 heavy (non-hydrogen) atoms. The van der Waals surface area contributed by atoms with Crippen LogP contribution in [-0.2, 0) is 11.3 Å². The molecule has 0 atom stereocenters. The fourth-order valence-corrected chi connectivity index (χ4v) is 3.22. The van der Waals surface area contributed by atoms with Gasteiger partial charge in [-0.2, -0.15) is 4.98 Å². The van der Waals surface area contributed by atoms with E-state index in [0.717, 1.165) is 17.9 Å². The summed E-state index contributed by atoms with van der Waals surface area (Å²) in [6.45, 7) is 2.33. The maximum Gasteiger partial charge on any atom is 0.246 e. The van der Waals surface area contributed by atoms with Crippen LogP contribution in [0, 0.1) is 12.8 Å². The third-order valence-corrected chi connectivity index (χ3v) is 4.72. The van der Waals surface area contributed by atoms with E-state index in [2.05, 4.69) is 15.5 Å².